The number of carbonyl (C=O) groups is 1. The number of hydrogen-bond donors (Lipinski definition) is 0. The van der Waals surface area contributed by atoms with Crippen LogP contribution in [-0.4, -0.2) is 18.1 Å². The molecule has 1 fully saturated rings. The lowest BCUT2D eigenvalue weighted by molar-refractivity contribution is 0.0593. The maximum absolute atomic E-state index is 11.4. The van der Waals surface area contributed by atoms with Gasteiger partial charge in [0.1, 0.15) is 5.76 Å². The van der Waals surface area contributed by atoms with E-state index in [2.05, 4.69) is 16.6 Å². The van der Waals surface area contributed by atoms with E-state index in [1.54, 1.807) is 6.92 Å². The molecule has 0 amide bonds. The molecule has 4 heteroatoms. The first-order chi connectivity index (χ1) is 8.11. The number of oxazole rings is 1. The van der Waals surface area contributed by atoms with Crippen molar-refractivity contribution in [2.24, 2.45) is 5.92 Å². The first kappa shape index (κ1) is 12.1. The van der Waals surface area contributed by atoms with E-state index in [-0.39, 0.29) is 0 Å². The smallest absolute Gasteiger partial charge is 0.360 e. The third kappa shape index (κ3) is 2.51. The first-order valence-corrected chi connectivity index (χ1v) is 6.17. The van der Waals surface area contributed by atoms with Crippen LogP contribution in [0.25, 0.3) is 0 Å². The molecule has 1 aromatic rings. The molecule has 1 saturated carbocycles. The minimum atomic E-state index is -0.415. The van der Waals surface area contributed by atoms with E-state index in [1.807, 2.05) is 0 Å². The Balaban J connectivity index is 2.14. The van der Waals surface area contributed by atoms with E-state index in [4.69, 9.17) is 4.42 Å². The third-order valence-corrected chi connectivity index (χ3v) is 3.56. The Hall–Kier alpha value is -1.32. The second kappa shape index (κ2) is 4.90. The molecule has 0 radical (unpaired) electrons. The van der Waals surface area contributed by atoms with Crippen LogP contribution >= 0.6 is 0 Å². The van der Waals surface area contributed by atoms with Gasteiger partial charge >= 0.3 is 5.97 Å². The minimum absolute atomic E-state index is 0.320. The Kier molecular flexibility index (Phi) is 3.50. The van der Waals surface area contributed by atoms with Crippen LogP contribution in [0.5, 0.6) is 0 Å². The quantitative estimate of drug-likeness (QED) is 0.742. The average Bonchev–Trinajstić information content (AvgIpc) is 2.71. The minimum Gasteiger partial charge on any atom is -0.464 e. The Morgan fingerprint density at radius 2 is 2.00 bits per heavy atom. The molecule has 1 heterocycles. The fourth-order valence-electron chi connectivity index (χ4n) is 2.38. The van der Waals surface area contributed by atoms with Crippen LogP contribution in [0.2, 0.25) is 0 Å². The summed E-state index contributed by atoms with van der Waals surface area (Å²) in [6, 6.07) is 0. The van der Waals surface area contributed by atoms with Gasteiger partial charge < -0.3 is 9.15 Å². The summed E-state index contributed by atoms with van der Waals surface area (Å²) in [5, 5.41) is 0. The highest BCUT2D eigenvalue weighted by Crippen LogP contribution is 2.35. The lowest BCUT2D eigenvalue weighted by Crippen LogP contribution is -2.11. The van der Waals surface area contributed by atoms with Crippen molar-refractivity contribution in [1.29, 1.82) is 0 Å². The molecular weight excluding hydrogens is 218 g/mol. The van der Waals surface area contributed by atoms with Crippen molar-refractivity contribution in [3.8, 4) is 0 Å². The zero-order valence-electron chi connectivity index (χ0n) is 10.7. The summed E-state index contributed by atoms with van der Waals surface area (Å²) in [5.41, 5.74) is 0.320. The van der Waals surface area contributed by atoms with Crippen LogP contribution in [0.3, 0.4) is 0 Å². The summed E-state index contributed by atoms with van der Waals surface area (Å²) >= 11 is 0. The predicted octanol–water partition coefficient (Wildman–Crippen LogP) is 3.06. The molecule has 0 saturated heterocycles. The van der Waals surface area contributed by atoms with Gasteiger partial charge in [-0.15, -0.1) is 0 Å². The van der Waals surface area contributed by atoms with Gasteiger partial charge in [0, 0.05) is 5.92 Å². The van der Waals surface area contributed by atoms with E-state index in [1.165, 1.54) is 20.0 Å². The largest absolute Gasteiger partial charge is 0.464 e. The Labute approximate surface area is 101 Å². The molecule has 0 aromatic carbocycles. The van der Waals surface area contributed by atoms with Crippen molar-refractivity contribution in [2.75, 3.05) is 7.11 Å². The normalized spacial score (nSPS) is 24.6. The Morgan fingerprint density at radius 1 is 1.35 bits per heavy atom. The van der Waals surface area contributed by atoms with Gasteiger partial charge in [-0.2, -0.15) is 0 Å². The third-order valence-electron chi connectivity index (χ3n) is 3.56. The topological polar surface area (TPSA) is 52.3 Å². The molecule has 0 aliphatic heterocycles. The standard InChI is InChI=1S/C13H19NO3/c1-8-4-6-10(7-5-8)12-14-11(9(2)17-12)13(15)16-3/h8,10H,4-7H2,1-3H3. The van der Waals surface area contributed by atoms with Crippen LogP contribution in [0.1, 0.15) is 60.7 Å². The van der Waals surface area contributed by atoms with E-state index in [9.17, 15) is 4.79 Å². The highest BCUT2D eigenvalue weighted by atomic mass is 16.5. The highest BCUT2D eigenvalue weighted by Gasteiger charge is 2.26. The van der Waals surface area contributed by atoms with Crippen LogP contribution in [0.4, 0.5) is 0 Å². The Bertz CT molecular complexity index is 403. The highest BCUT2D eigenvalue weighted by molar-refractivity contribution is 5.88. The van der Waals surface area contributed by atoms with Gasteiger partial charge in [0.05, 0.1) is 7.11 Å². The number of ether oxygens (including phenoxy) is 1. The number of carbonyl (C=O) groups excluding carboxylic acids is 1. The summed E-state index contributed by atoms with van der Waals surface area (Å²) in [5.74, 6) is 2.01. The lowest BCUT2D eigenvalue weighted by atomic mass is 9.83. The maximum atomic E-state index is 11.4. The lowest BCUT2D eigenvalue weighted by Gasteiger charge is -2.23. The van der Waals surface area contributed by atoms with Crippen LogP contribution in [0, 0.1) is 12.8 Å². The fourth-order valence-corrected chi connectivity index (χ4v) is 2.38. The van der Waals surface area contributed by atoms with E-state index in [0.717, 1.165) is 18.8 Å². The summed E-state index contributed by atoms with van der Waals surface area (Å²) < 4.78 is 10.3. The summed E-state index contributed by atoms with van der Waals surface area (Å²) in [6.45, 7) is 4.03. The molecular formula is C13H19NO3. The molecule has 0 atom stereocenters. The van der Waals surface area contributed by atoms with E-state index in [0.29, 0.717) is 23.3 Å². The van der Waals surface area contributed by atoms with Gasteiger partial charge in [-0.05, 0) is 38.5 Å². The number of rotatable bonds is 2. The number of hydrogen-bond acceptors (Lipinski definition) is 4. The first-order valence-electron chi connectivity index (χ1n) is 6.17. The second-order valence-corrected chi connectivity index (χ2v) is 4.91. The van der Waals surface area contributed by atoms with Gasteiger partial charge in [-0.3, -0.25) is 0 Å². The van der Waals surface area contributed by atoms with Crippen molar-refractivity contribution in [3.63, 3.8) is 0 Å². The Morgan fingerprint density at radius 3 is 2.59 bits per heavy atom. The molecule has 1 aliphatic rings. The van der Waals surface area contributed by atoms with Gasteiger partial charge in [0.15, 0.2) is 11.6 Å². The molecule has 17 heavy (non-hydrogen) atoms. The average molecular weight is 237 g/mol. The van der Waals surface area contributed by atoms with Crippen molar-refractivity contribution in [2.45, 2.75) is 45.4 Å². The van der Waals surface area contributed by atoms with Gasteiger partial charge in [0.25, 0.3) is 0 Å². The van der Waals surface area contributed by atoms with Crippen LogP contribution in [0.15, 0.2) is 4.42 Å². The number of esters is 1. The zero-order valence-corrected chi connectivity index (χ0v) is 10.7. The van der Waals surface area contributed by atoms with E-state index < -0.39 is 5.97 Å². The molecule has 1 aromatic heterocycles. The summed E-state index contributed by atoms with van der Waals surface area (Å²) in [4.78, 5) is 15.7. The molecule has 0 bridgehead atoms. The van der Waals surface area contributed by atoms with Crippen molar-refractivity contribution >= 4 is 5.97 Å². The number of aromatic nitrogens is 1. The maximum Gasteiger partial charge on any atom is 0.360 e. The number of nitrogens with zero attached hydrogens (tertiary/aromatic N) is 1. The van der Waals surface area contributed by atoms with Gasteiger partial charge in [-0.1, -0.05) is 6.92 Å². The SMILES string of the molecule is COC(=O)c1nc(C2CCC(C)CC2)oc1C. The molecule has 0 unspecified atom stereocenters. The van der Waals surface area contributed by atoms with Crippen LogP contribution in [-0.2, 0) is 4.74 Å². The summed E-state index contributed by atoms with van der Waals surface area (Å²) in [7, 11) is 1.36. The number of aryl methyl sites for hydroxylation is 1. The second-order valence-electron chi connectivity index (χ2n) is 4.91. The molecule has 1 aliphatic carbocycles. The molecule has 94 valence electrons. The fraction of sp³-hybridized carbons (Fsp3) is 0.692. The molecule has 4 nitrogen and oxygen atoms in total. The van der Waals surface area contributed by atoms with Gasteiger partial charge in [0.2, 0.25) is 0 Å². The zero-order chi connectivity index (χ0) is 12.4. The monoisotopic (exact) mass is 237 g/mol. The van der Waals surface area contributed by atoms with Crippen molar-refractivity contribution in [1.82, 2.24) is 4.98 Å². The van der Waals surface area contributed by atoms with Gasteiger partial charge in [-0.25, -0.2) is 9.78 Å². The van der Waals surface area contributed by atoms with Crippen molar-refractivity contribution in [3.05, 3.63) is 17.3 Å². The van der Waals surface area contributed by atoms with Crippen molar-refractivity contribution < 1.29 is 13.9 Å². The number of methoxy groups -OCH3 is 1. The predicted molar refractivity (Wildman–Crippen MR) is 63.0 cm³/mol. The summed E-state index contributed by atoms with van der Waals surface area (Å²) in [6.07, 6.45) is 4.61. The molecule has 0 spiro atoms. The van der Waals surface area contributed by atoms with Crippen LogP contribution < -0.4 is 0 Å². The molecule has 0 N–H and O–H groups in total. The van der Waals surface area contributed by atoms with E-state index >= 15 is 0 Å². The molecule has 2 rings (SSSR count).